The molecule has 1 aromatic carbocycles. The first-order valence-corrected chi connectivity index (χ1v) is 7.69. The Morgan fingerprint density at radius 2 is 2.21 bits per heavy atom. The monoisotopic (exact) mass is 407 g/mol. The van der Waals surface area contributed by atoms with E-state index in [0.717, 1.165) is 16.1 Å². The van der Waals surface area contributed by atoms with Crippen LogP contribution < -0.4 is 4.80 Å². The third-order valence-corrected chi connectivity index (χ3v) is 4.04. The molecule has 0 radical (unpaired) electrons. The number of allylic oxidation sites excluding steroid dienone is 1. The first kappa shape index (κ1) is 17.9. The number of hydrogen-bond acceptors (Lipinski definition) is 5. The molecule has 0 aliphatic carbocycles. The van der Waals surface area contributed by atoms with Crippen LogP contribution in [0.15, 0.2) is 70.1 Å². The number of hydrogen-bond donors (Lipinski definition) is 0. The highest BCUT2D eigenvalue weighted by Gasteiger charge is 2.11. The Balaban J connectivity index is 0.00000208. The van der Waals surface area contributed by atoms with Crippen LogP contribution in [0.1, 0.15) is 0 Å². The number of nitrogens with zero attached hydrogens (tertiary/aromatic N) is 3. The molecule has 124 valence electrons. The van der Waals surface area contributed by atoms with Crippen LogP contribution in [-0.2, 0) is 6.54 Å². The predicted molar refractivity (Wildman–Crippen MR) is 98.8 cm³/mol. The molecule has 0 atom stereocenters. The molecule has 0 saturated carbocycles. The lowest BCUT2D eigenvalue weighted by Gasteiger charge is -2.06. The van der Waals surface area contributed by atoms with Crippen molar-refractivity contribution in [3.05, 3.63) is 75.6 Å². The molecule has 3 rings (SSSR count). The number of non-ortho nitro benzene ring substituents is 1. The van der Waals surface area contributed by atoms with Gasteiger partial charge in [0.1, 0.15) is 0 Å². The lowest BCUT2D eigenvalue weighted by Crippen LogP contribution is -2.14. The quantitative estimate of drug-likeness (QED) is 0.349. The molecule has 0 fully saturated rings. The smallest absolute Gasteiger partial charge is 0.270 e. The van der Waals surface area contributed by atoms with Crippen LogP contribution in [0, 0.1) is 10.1 Å². The van der Waals surface area contributed by atoms with E-state index in [1.807, 2.05) is 16.0 Å². The predicted octanol–water partition coefficient (Wildman–Crippen LogP) is 4.71. The zero-order chi connectivity index (χ0) is 16.2. The summed E-state index contributed by atoms with van der Waals surface area (Å²) in [6.07, 6.45) is 3.32. The van der Waals surface area contributed by atoms with Crippen LogP contribution in [0.3, 0.4) is 0 Å². The van der Waals surface area contributed by atoms with Gasteiger partial charge in [0.2, 0.25) is 5.88 Å². The van der Waals surface area contributed by atoms with Crippen molar-refractivity contribution in [2.75, 3.05) is 0 Å². The number of rotatable bonds is 5. The van der Waals surface area contributed by atoms with E-state index in [9.17, 15) is 10.1 Å². The van der Waals surface area contributed by atoms with Gasteiger partial charge in [0, 0.05) is 35.7 Å². The SMILES string of the molecule is Br.C=CCn1c(-c2cccc([N+](=O)[O-])c2)cs/c1=N\c1ccco1. The molecule has 0 aliphatic heterocycles. The molecular formula is C16H14BrN3O3S. The Bertz CT molecular complexity index is 913. The molecule has 24 heavy (non-hydrogen) atoms. The number of benzene rings is 1. The zero-order valence-corrected chi connectivity index (χ0v) is 15.0. The number of furan rings is 1. The van der Waals surface area contributed by atoms with Gasteiger partial charge < -0.3 is 8.98 Å². The highest BCUT2D eigenvalue weighted by Crippen LogP contribution is 2.25. The maximum Gasteiger partial charge on any atom is 0.270 e. The van der Waals surface area contributed by atoms with E-state index in [-0.39, 0.29) is 22.7 Å². The van der Waals surface area contributed by atoms with Crippen molar-refractivity contribution in [3.8, 4) is 11.3 Å². The molecule has 0 saturated heterocycles. The van der Waals surface area contributed by atoms with E-state index >= 15 is 0 Å². The molecule has 2 aromatic heterocycles. The second kappa shape index (κ2) is 7.89. The number of nitro groups is 1. The van der Waals surface area contributed by atoms with Crippen LogP contribution in [0.5, 0.6) is 0 Å². The molecular weight excluding hydrogens is 394 g/mol. The maximum absolute atomic E-state index is 11.0. The van der Waals surface area contributed by atoms with Crippen LogP contribution >= 0.6 is 28.3 Å². The van der Waals surface area contributed by atoms with Gasteiger partial charge in [-0.2, -0.15) is 4.99 Å². The molecule has 0 unspecified atom stereocenters. The van der Waals surface area contributed by atoms with Crippen LogP contribution in [0.2, 0.25) is 0 Å². The second-order valence-electron chi connectivity index (χ2n) is 4.67. The van der Waals surface area contributed by atoms with Gasteiger partial charge in [0.15, 0.2) is 4.80 Å². The van der Waals surface area contributed by atoms with Gasteiger partial charge in [-0.05, 0) is 6.07 Å². The summed E-state index contributed by atoms with van der Waals surface area (Å²) >= 11 is 1.44. The molecule has 0 N–H and O–H groups in total. The lowest BCUT2D eigenvalue weighted by molar-refractivity contribution is -0.384. The molecule has 3 aromatic rings. The summed E-state index contributed by atoms with van der Waals surface area (Å²) < 4.78 is 7.19. The van der Waals surface area contributed by atoms with Crippen molar-refractivity contribution in [2.45, 2.75) is 6.54 Å². The summed E-state index contributed by atoms with van der Waals surface area (Å²) in [5.41, 5.74) is 1.67. The van der Waals surface area contributed by atoms with Gasteiger partial charge in [-0.3, -0.25) is 10.1 Å². The van der Waals surface area contributed by atoms with E-state index in [1.165, 1.54) is 17.4 Å². The Labute approximate surface area is 152 Å². The van der Waals surface area contributed by atoms with Gasteiger partial charge in [-0.15, -0.1) is 34.9 Å². The highest BCUT2D eigenvalue weighted by molar-refractivity contribution is 8.93. The Morgan fingerprint density at radius 1 is 1.38 bits per heavy atom. The summed E-state index contributed by atoms with van der Waals surface area (Å²) in [7, 11) is 0. The van der Waals surface area contributed by atoms with Crippen molar-refractivity contribution in [1.29, 1.82) is 0 Å². The van der Waals surface area contributed by atoms with Gasteiger partial charge in [0.25, 0.3) is 5.69 Å². The second-order valence-corrected chi connectivity index (χ2v) is 5.51. The highest BCUT2D eigenvalue weighted by atomic mass is 79.9. The maximum atomic E-state index is 11.0. The van der Waals surface area contributed by atoms with E-state index in [1.54, 1.807) is 36.6 Å². The lowest BCUT2D eigenvalue weighted by atomic mass is 10.1. The van der Waals surface area contributed by atoms with E-state index < -0.39 is 4.92 Å². The van der Waals surface area contributed by atoms with E-state index in [2.05, 4.69) is 11.6 Å². The van der Waals surface area contributed by atoms with Gasteiger partial charge in [-0.25, -0.2) is 0 Å². The Kier molecular flexibility index (Phi) is 5.88. The normalized spacial score (nSPS) is 11.1. The Morgan fingerprint density at radius 3 is 2.88 bits per heavy atom. The third kappa shape index (κ3) is 3.72. The summed E-state index contributed by atoms with van der Waals surface area (Å²) in [6, 6.07) is 10.1. The van der Waals surface area contributed by atoms with Gasteiger partial charge in [0.05, 0.1) is 16.9 Å². The van der Waals surface area contributed by atoms with Crippen LogP contribution in [0.25, 0.3) is 11.3 Å². The molecule has 0 aliphatic rings. The number of halogens is 1. The first-order valence-electron chi connectivity index (χ1n) is 6.81. The third-order valence-electron chi connectivity index (χ3n) is 3.17. The number of nitro benzene ring substituents is 1. The molecule has 6 nitrogen and oxygen atoms in total. The number of thiazole rings is 1. The summed E-state index contributed by atoms with van der Waals surface area (Å²) in [5.74, 6) is 0.509. The molecule has 0 bridgehead atoms. The average molecular weight is 408 g/mol. The summed E-state index contributed by atoms with van der Waals surface area (Å²) in [6.45, 7) is 4.31. The fourth-order valence-electron chi connectivity index (χ4n) is 2.16. The Hall–Kier alpha value is -2.45. The van der Waals surface area contributed by atoms with Gasteiger partial charge >= 0.3 is 0 Å². The molecule has 8 heteroatoms. The van der Waals surface area contributed by atoms with Crippen molar-refractivity contribution in [2.24, 2.45) is 4.99 Å². The summed E-state index contributed by atoms with van der Waals surface area (Å²) in [4.78, 5) is 15.8. The standard InChI is InChI=1S/C16H13N3O3S.BrH/c1-2-8-18-14(12-5-3-6-13(10-12)19(20)21)11-23-16(18)17-15-7-4-9-22-15;/h2-7,9-11H,1,8H2;1H/b17-16-;. The molecule has 0 amide bonds. The fraction of sp³-hybridized carbons (Fsp3) is 0.0625. The first-order chi connectivity index (χ1) is 11.2. The van der Waals surface area contributed by atoms with Gasteiger partial charge in [-0.1, -0.05) is 18.2 Å². The van der Waals surface area contributed by atoms with Crippen molar-refractivity contribution in [3.63, 3.8) is 0 Å². The van der Waals surface area contributed by atoms with E-state index in [0.29, 0.717) is 12.4 Å². The van der Waals surface area contributed by atoms with Crippen molar-refractivity contribution in [1.82, 2.24) is 4.57 Å². The number of aromatic nitrogens is 1. The van der Waals surface area contributed by atoms with Crippen molar-refractivity contribution < 1.29 is 9.34 Å². The minimum Gasteiger partial charge on any atom is -0.447 e. The largest absolute Gasteiger partial charge is 0.447 e. The summed E-state index contributed by atoms with van der Waals surface area (Å²) in [5, 5.41) is 12.9. The minimum atomic E-state index is -0.401. The topological polar surface area (TPSA) is 73.6 Å². The minimum absolute atomic E-state index is 0. The average Bonchev–Trinajstić information content (AvgIpc) is 3.19. The van der Waals surface area contributed by atoms with E-state index in [4.69, 9.17) is 4.42 Å². The van der Waals surface area contributed by atoms with Crippen LogP contribution in [0.4, 0.5) is 11.6 Å². The molecule has 0 spiro atoms. The van der Waals surface area contributed by atoms with Crippen molar-refractivity contribution >= 4 is 39.9 Å². The molecule has 2 heterocycles. The van der Waals surface area contributed by atoms with Crippen LogP contribution in [-0.4, -0.2) is 9.49 Å². The zero-order valence-electron chi connectivity index (χ0n) is 12.5. The fourth-order valence-corrected chi connectivity index (χ4v) is 3.08.